The van der Waals surface area contributed by atoms with Crippen LogP contribution in [0.4, 0.5) is 10.5 Å². The summed E-state index contributed by atoms with van der Waals surface area (Å²) in [6.07, 6.45) is 4.09. The van der Waals surface area contributed by atoms with Crippen LogP contribution in [0.2, 0.25) is 0 Å². The van der Waals surface area contributed by atoms with Crippen molar-refractivity contribution in [3.63, 3.8) is 0 Å². The minimum absolute atomic E-state index is 0.000872. The maximum Gasteiger partial charge on any atom is 0.319 e. The number of nitrogens with one attached hydrogen (secondary N) is 2. The highest BCUT2D eigenvalue weighted by Crippen LogP contribution is 2.44. The molecule has 3 N–H and O–H groups in total. The number of anilines is 1. The van der Waals surface area contributed by atoms with Crippen LogP contribution < -0.4 is 10.6 Å². The Balaban J connectivity index is 1.67. The molecular formula is C20H26N2O2S. The van der Waals surface area contributed by atoms with Gasteiger partial charge < -0.3 is 15.7 Å². The second-order valence-corrected chi connectivity index (χ2v) is 8.10. The minimum Gasteiger partial charge on any atom is -0.388 e. The van der Waals surface area contributed by atoms with Gasteiger partial charge in [0.15, 0.2) is 0 Å². The van der Waals surface area contributed by atoms with Crippen molar-refractivity contribution in [3.05, 3.63) is 51.7 Å². The summed E-state index contributed by atoms with van der Waals surface area (Å²) in [6, 6.07) is 11.8. The van der Waals surface area contributed by atoms with Gasteiger partial charge >= 0.3 is 6.03 Å². The van der Waals surface area contributed by atoms with Gasteiger partial charge in [-0.2, -0.15) is 0 Å². The lowest BCUT2D eigenvalue weighted by atomic mass is 9.84. The van der Waals surface area contributed by atoms with E-state index in [9.17, 15) is 9.90 Å². The van der Waals surface area contributed by atoms with Gasteiger partial charge in [-0.3, -0.25) is 0 Å². The zero-order valence-corrected chi connectivity index (χ0v) is 15.7. The van der Waals surface area contributed by atoms with Gasteiger partial charge in [-0.05, 0) is 50.5 Å². The smallest absolute Gasteiger partial charge is 0.319 e. The number of aliphatic hydroxyl groups excluding tert-OH is 1. The summed E-state index contributed by atoms with van der Waals surface area (Å²) in [6.45, 7) is 4.41. The summed E-state index contributed by atoms with van der Waals surface area (Å²) < 4.78 is 0. The molecule has 25 heavy (non-hydrogen) atoms. The first-order valence-electron chi connectivity index (χ1n) is 8.89. The number of carbonyl (C=O) groups is 1. The lowest BCUT2D eigenvalue weighted by Gasteiger charge is -2.28. The number of carbonyl (C=O) groups excluding carboxylic acids is 1. The van der Waals surface area contributed by atoms with E-state index in [0.29, 0.717) is 6.54 Å². The third-order valence-electron chi connectivity index (χ3n) is 5.10. The first-order chi connectivity index (χ1) is 12.0. The third kappa shape index (κ3) is 4.05. The highest BCUT2D eigenvalue weighted by Gasteiger charge is 2.37. The van der Waals surface area contributed by atoms with Crippen molar-refractivity contribution < 1.29 is 9.90 Å². The number of para-hydroxylation sites is 1. The molecule has 0 spiro atoms. The SMILES string of the molecule is Cc1ccccc1NC(=O)NCC1(c2ccc([C@H](C)O)s2)CCCC1. The summed E-state index contributed by atoms with van der Waals surface area (Å²) >= 11 is 1.67. The monoisotopic (exact) mass is 358 g/mol. The van der Waals surface area contributed by atoms with E-state index in [1.807, 2.05) is 37.3 Å². The number of aliphatic hydroxyl groups is 1. The molecule has 0 aliphatic heterocycles. The average molecular weight is 359 g/mol. The van der Waals surface area contributed by atoms with Crippen LogP contribution in [0.15, 0.2) is 36.4 Å². The van der Waals surface area contributed by atoms with Crippen LogP contribution in [-0.4, -0.2) is 17.7 Å². The molecule has 4 nitrogen and oxygen atoms in total. The summed E-state index contributed by atoms with van der Waals surface area (Å²) in [7, 11) is 0. The number of thiophene rings is 1. The normalized spacial score (nSPS) is 17.2. The van der Waals surface area contributed by atoms with Gasteiger partial charge in [0.25, 0.3) is 0 Å². The molecule has 0 saturated heterocycles. The molecule has 3 rings (SSSR count). The first kappa shape index (κ1) is 18.0. The van der Waals surface area contributed by atoms with Crippen molar-refractivity contribution >= 4 is 23.1 Å². The maximum absolute atomic E-state index is 12.3. The summed E-state index contributed by atoms with van der Waals surface area (Å²) in [5.74, 6) is 0. The Morgan fingerprint density at radius 3 is 2.60 bits per heavy atom. The quantitative estimate of drug-likeness (QED) is 0.723. The highest BCUT2D eigenvalue weighted by atomic mass is 32.1. The largest absolute Gasteiger partial charge is 0.388 e. The van der Waals surface area contributed by atoms with Crippen LogP contribution in [0, 0.1) is 6.92 Å². The molecule has 0 radical (unpaired) electrons. The van der Waals surface area contributed by atoms with Crippen molar-refractivity contribution in [3.8, 4) is 0 Å². The fourth-order valence-electron chi connectivity index (χ4n) is 3.55. The molecule has 2 amide bonds. The lowest BCUT2D eigenvalue weighted by molar-refractivity contribution is 0.203. The lowest BCUT2D eigenvalue weighted by Crippen LogP contribution is -2.40. The predicted octanol–water partition coefficient (Wildman–Crippen LogP) is 4.74. The van der Waals surface area contributed by atoms with Gasteiger partial charge in [-0.15, -0.1) is 11.3 Å². The Labute approximate surface area is 153 Å². The van der Waals surface area contributed by atoms with Crippen LogP contribution in [0.25, 0.3) is 0 Å². The molecule has 1 aliphatic carbocycles. The molecule has 5 heteroatoms. The van der Waals surface area contributed by atoms with E-state index in [4.69, 9.17) is 0 Å². The second-order valence-electron chi connectivity index (χ2n) is 6.99. The molecule has 1 fully saturated rings. The fourth-order valence-corrected chi connectivity index (χ4v) is 4.74. The Morgan fingerprint density at radius 2 is 1.96 bits per heavy atom. The Hall–Kier alpha value is -1.85. The number of benzene rings is 1. The van der Waals surface area contributed by atoms with Gasteiger partial charge in [0.05, 0.1) is 6.10 Å². The Morgan fingerprint density at radius 1 is 1.24 bits per heavy atom. The molecule has 0 unspecified atom stereocenters. The highest BCUT2D eigenvalue weighted by molar-refractivity contribution is 7.12. The Kier molecular flexibility index (Phi) is 5.45. The van der Waals surface area contributed by atoms with Gasteiger partial charge in [0.2, 0.25) is 0 Å². The standard InChI is InChI=1S/C20H26N2O2S/c1-14-7-3-4-8-16(14)22-19(24)21-13-20(11-5-6-12-20)18-10-9-17(25-18)15(2)23/h3-4,7-10,15,23H,5-6,11-13H2,1-2H3,(H2,21,22,24)/t15-/m0/s1. The molecule has 1 atom stereocenters. The van der Waals surface area contributed by atoms with E-state index in [2.05, 4.69) is 16.7 Å². The van der Waals surface area contributed by atoms with E-state index >= 15 is 0 Å². The molecular weight excluding hydrogens is 332 g/mol. The van der Waals surface area contributed by atoms with Gasteiger partial charge in [-0.25, -0.2) is 4.79 Å². The number of hydrogen-bond donors (Lipinski definition) is 3. The molecule has 2 aromatic rings. The molecule has 0 bridgehead atoms. The van der Waals surface area contributed by atoms with Crippen molar-refractivity contribution in [2.75, 3.05) is 11.9 Å². The van der Waals surface area contributed by atoms with Crippen LogP contribution in [-0.2, 0) is 5.41 Å². The maximum atomic E-state index is 12.3. The molecule has 134 valence electrons. The van der Waals surface area contributed by atoms with Crippen molar-refractivity contribution in [2.45, 2.75) is 51.0 Å². The summed E-state index contributed by atoms with van der Waals surface area (Å²) in [5, 5.41) is 15.8. The van der Waals surface area contributed by atoms with Crippen LogP contribution >= 0.6 is 11.3 Å². The predicted molar refractivity (Wildman–Crippen MR) is 103 cm³/mol. The van der Waals surface area contributed by atoms with Crippen molar-refractivity contribution in [1.82, 2.24) is 5.32 Å². The van der Waals surface area contributed by atoms with Gasteiger partial charge in [0.1, 0.15) is 0 Å². The number of urea groups is 1. The first-order valence-corrected chi connectivity index (χ1v) is 9.71. The zero-order valence-electron chi connectivity index (χ0n) is 14.8. The van der Waals surface area contributed by atoms with Gasteiger partial charge in [-0.1, -0.05) is 31.0 Å². The van der Waals surface area contributed by atoms with Crippen LogP contribution in [0.1, 0.15) is 54.0 Å². The minimum atomic E-state index is -0.436. The van der Waals surface area contributed by atoms with E-state index in [-0.39, 0.29) is 11.4 Å². The van der Waals surface area contributed by atoms with E-state index in [1.165, 1.54) is 17.7 Å². The molecule has 1 saturated carbocycles. The van der Waals surface area contributed by atoms with E-state index < -0.39 is 6.10 Å². The number of aryl methyl sites for hydroxylation is 1. The van der Waals surface area contributed by atoms with Crippen molar-refractivity contribution in [2.24, 2.45) is 0 Å². The van der Waals surface area contributed by atoms with Crippen LogP contribution in [0.3, 0.4) is 0 Å². The third-order valence-corrected chi connectivity index (χ3v) is 6.60. The average Bonchev–Trinajstić information content (AvgIpc) is 3.25. The Bertz CT molecular complexity index is 733. The topological polar surface area (TPSA) is 61.4 Å². The molecule has 1 aliphatic rings. The van der Waals surface area contributed by atoms with Gasteiger partial charge in [0, 0.05) is 27.4 Å². The van der Waals surface area contributed by atoms with E-state index in [1.54, 1.807) is 18.3 Å². The number of amides is 2. The summed E-state index contributed by atoms with van der Waals surface area (Å²) in [5.41, 5.74) is 1.89. The van der Waals surface area contributed by atoms with Crippen molar-refractivity contribution in [1.29, 1.82) is 0 Å². The molecule has 1 aromatic heterocycles. The van der Waals surface area contributed by atoms with E-state index in [0.717, 1.165) is 29.0 Å². The zero-order chi connectivity index (χ0) is 17.9. The molecule has 1 aromatic carbocycles. The van der Waals surface area contributed by atoms with Crippen LogP contribution in [0.5, 0.6) is 0 Å². The molecule has 1 heterocycles. The number of rotatable bonds is 5. The summed E-state index contributed by atoms with van der Waals surface area (Å²) in [4.78, 5) is 14.6. The fraction of sp³-hybridized carbons (Fsp3) is 0.450. The second kappa shape index (κ2) is 7.58. The number of hydrogen-bond acceptors (Lipinski definition) is 3.